The number of hydrogen-bond donors (Lipinski definition) is 2. The largest absolute Gasteiger partial charge is 0.303 e. The second-order valence-corrected chi connectivity index (χ2v) is 4.46. The first-order valence-corrected chi connectivity index (χ1v) is 5.95. The van der Waals surface area contributed by atoms with E-state index in [1.807, 2.05) is 19.1 Å². The van der Waals surface area contributed by atoms with Gasteiger partial charge in [-0.15, -0.1) is 0 Å². The normalized spacial score (nSPS) is 12.6. The zero-order valence-electron chi connectivity index (χ0n) is 9.24. The third-order valence-electron chi connectivity index (χ3n) is 2.49. The molecule has 4 nitrogen and oxygen atoms in total. The van der Waals surface area contributed by atoms with Crippen LogP contribution in [0.3, 0.4) is 0 Å². The van der Waals surface area contributed by atoms with E-state index in [-0.39, 0.29) is 6.04 Å². The van der Waals surface area contributed by atoms with Crippen molar-refractivity contribution in [1.29, 1.82) is 0 Å². The Morgan fingerprint density at radius 3 is 2.94 bits per heavy atom. The predicted octanol–water partition coefficient (Wildman–Crippen LogP) is 2.96. The molecule has 0 radical (unpaired) electrons. The van der Waals surface area contributed by atoms with Gasteiger partial charge in [-0.25, -0.2) is 4.98 Å². The summed E-state index contributed by atoms with van der Waals surface area (Å²) in [5.74, 6) is 0.787. The van der Waals surface area contributed by atoms with Crippen molar-refractivity contribution < 1.29 is 0 Å². The van der Waals surface area contributed by atoms with Gasteiger partial charge in [0.25, 0.3) is 0 Å². The van der Waals surface area contributed by atoms with E-state index in [4.69, 9.17) is 23.2 Å². The van der Waals surface area contributed by atoms with Gasteiger partial charge in [0.15, 0.2) is 0 Å². The molecule has 2 N–H and O–H groups in total. The number of hydrogen-bond acceptors (Lipinski definition) is 3. The molecular formula is C11H12Cl2N4. The Bertz CT molecular complexity index is 484. The second kappa shape index (κ2) is 5.49. The van der Waals surface area contributed by atoms with E-state index in [1.165, 1.54) is 6.33 Å². The number of nitrogens with zero attached hydrogens (tertiary/aromatic N) is 2. The molecule has 1 aromatic heterocycles. The van der Waals surface area contributed by atoms with Crippen LogP contribution in [0.4, 0.5) is 0 Å². The smallest absolute Gasteiger partial charge is 0.138 e. The highest BCUT2D eigenvalue weighted by Gasteiger charge is 2.11. The molecule has 0 spiro atoms. The lowest BCUT2D eigenvalue weighted by molar-refractivity contribution is 0.560. The summed E-state index contributed by atoms with van der Waals surface area (Å²) in [7, 11) is 0. The topological polar surface area (TPSA) is 53.6 Å². The Morgan fingerprint density at radius 2 is 2.24 bits per heavy atom. The molecule has 90 valence electrons. The summed E-state index contributed by atoms with van der Waals surface area (Å²) in [5, 5.41) is 11.0. The predicted molar refractivity (Wildman–Crippen MR) is 68.1 cm³/mol. The minimum absolute atomic E-state index is 0.0892. The molecule has 1 unspecified atom stereocenters. The van der Waals surface area contributed by atoms with Crippen LogP contribution in [0, 0.1) is 0 Å². The van der Waals surface area contributed by atoms with Gasteiger partial charge in [0.1, 0.15) is 12.2 Å². The minimum atomic E-state index is 0.0892. The average molecular weight is 271 g/mol. The van der Waals surface area contributed by atoms with Crippen molar-refractivity contribution in [3.8, 4) is 0 Å². The van der Waals surface area contributed by atoms with Crippen molar-refractivity contribution in [2.75, 3.05) is 0 Å². The average Bonchev–Trinajstić information content (AvgIpc) is 2.82. The van der Waals surface area contributed by atoms with Gasteiger partial charge in [0.05, 0.1) is 16.6 Å². The van der Waals surface area contributed by atoms with Gasteiger partial charge in [-0.3, -0.25) is 5.10 Å². The summed E-state index contributed by atoms with van der Waals surface area (Å²) in [4.78, 5) is 4.03. The number of aromatic amines is 1. The summed E-state index contributed by atoms with van der Waals surface area (Å²) in [5.41, 5.74) is 0.971. The van der Waals surface area contributed by atoms with Gasteiger partial charge in [-0.2, -0.15) is 5.10 Å². The molecule has 2 rings (SSSR count). The molecule has 6 heteroatoms. The number of rotatable bonds is 4. The Hall–Kier alpha value is -1.10. The molecule has 0 aliphatic heterocycles. The standard InChI is InChI=1S/C11H12Cl2N4/c1-7(14-5-10-15-6-16-17-10)8-3-2-4-9(12)11(8)13/h2-4,6-7,14H,5H2,1H3,(H,15,16,17). The molecule has 1 atom stereocenters. The molecule has 0 fully saturated rings. The Balaban J connectivity index is 2.04. The number of halogens is 2. The summed E-state index contributed by atoms with van der Waals surface area (Å²) in [6, 6.07) is 5.70. The molecule has 17 heavy (non-hydrogen) atoms. The first-order chi connectivity index (χ1) is 8.18. The van der Waals surface area contributed by atoms with E-state index in [1.54, 1.807) is 6.07 Å². The Kier molecular flexibility index (Phi) is 3.99. The third-order valence-corrected chi connectivity index (χ3v) is 3.32. The zero-order chi connectivity index (χ0) is 12.3. The lowest BCUT2D eigenvalue weighted by atomic mass is 10.1. The molecule has 0 amide bonds. The lowest BCUT2D eigenvalue weighted by Crippen LogP contribution is -2.19. The van der Waals surface area contributed by atoms with Gasteiger partial charge < -0.3 is 5.32 Å². The van der Waals surface area contributed by atoms with Gasteiger partial charge in [-0.05, 0) is 18.6 Å². The van der Waals surface area contributed by atoms with Gasteiger partial charge in [0, 0.05) is 6.04 Å². The zero-order valence-corrected chi connectivity index (χ0v) is 10.8. The first-order valence-electron chi connectivity index (χ1n) is 5.20. The van der Waals surface area contributed by atoms with Crippen LogP contribution in [0.15, 0.2) is 24.5 Å². The Labute approximate surface area is 109 Å². The minimum Gasteiger partial charge on any atom is -0.303 e. The molecule has 0 aliphatic carbocycles. The number of aromatic nitrogens is 3. The molecule has 0 bridgehead atoms. The van der Waals surface area contributed by atoms with Crippen molar-refractivity contribution in [2.45, 2.75) is 19.5 Å². The molecule has 1 aromatic carbocycles. The quantitative estimate of drug-likeness (QED) is 0.898. The van der Waals surface area contributed by atoms with Crippen LogP contribution in [0.5, 0.6) is 0 Å². The van der Waals surface area contributed by atoms with Crippen molar-refractivity contribution in [1.82, 2.24) is 20.5 Å². The lowest BCUT2D eigenvalue weighted by Gasteiger charge is -2.15. The highest BCUT2D eigenvalue weighted by molar-refractivity contribution is 6.42. The summed E-state index contributed by atoms with van der Waals surface area (Å²) in [6.07, 6.45) is 1.48. The van der Waals surface area contributed by atoms with Gasteiger partial charge in [-0.1, -0.05) is 35.3 Å². The fourth-order valence-corrected chi connectivity index (χ4v) is 2.00. The number of H-pyrrole nitrogens is 1. The maximum Gasteiger partial charge on any atom is 0.138 e. The highest BCUT2D eigenvalue weighted by atomic mass is 35.5. The van der Waals surface area contributed by atoms with Gasteiger partial charge in [0.2, 0.25) is 0 Å². The maximum atomic E-state index is 6.14. The van der Waals surface area contributed by atoms with E-state index in [0.717, 1.165) is 11.4 Å². The van der Waals surface area contributed by atoms with Crippen LogP contribution in [-0.4, -0.2) is 15.2 Å². The van der Waals surface area contributed by atoms with Crippen LogP contribution < -0.4 is 5.32 Å². The second-order valence-electron chi connectivity index (χ2n) is 3.68. The van der Waals surface area contributed by atoms with Crippen molar-refractivity contribution in [3.63, 3.8) is 0 Å². The summed E-state index contributed by atoms with van der Waals surface area (Å²) < 4.78 is 0. The van der Waals surface area contributed by atoms with Crippen LogP contribution in [-0.2, 0) is 6.54 Å². The highest BCUT2D eigenvalue weighted by Crippen LogP contribution is 2.29. The van der Waals surface area contributed by atoms with E-state index >= 15 is 0 Å². The molecule has 1 heterocycles. The Morgan fingerprint density at radius 1 is 1.41 bits per heavy atom. The molecule has 0 aliphatic rings. The SMILES string of the molecule is CC(NCc1ncn[nH]1)c1cccc(Cl)c1Cl. The number of nitrogens with one attached hydrogen (secondary N) is 2. The maximum absolute atomic E-state index is 6.14. The van der Waals surface area contributed by atoms with Crippen LogP contribution >= 0.6 is 23.2 Å². The summed E-state index contributed by atoms with van der Waals surface area (Å²) >= 11 is 12.1. The van der Waals surface area contributed by atoms with Crippen LogP contribution in [0.1, 0.15) is 24.4 Å². The molecule has 2 aromatic rings. The van der Waals surface area contributed by atoms with Crippen LogP contribution in [0.2, 0.25) is 10.0 Å². The van der Waals surface area contributed by atoms with E-state index < -0.39 is 0 Å². The summed E-state index contributed by atoms with van der Waals surface area (Å²) in [6.45, 7) is 2.62. The third kappa shape index (κ3) is 2.97. The monoisotopic (exact) mass is 270 g/mol. The van der Waals surface area contributed by atoms with Crippen LogP contribution in [0.25, 0.3) is 0 Å². The molecule has 0 saturated heterocycles. The van der Waals surface area contributed by atoms with Crippen molar-refractivity contribution in [2.24, 2.45) is 0 Å². The van der Waals surface area contributed by atoms with E-state index in [2.05, 4.69) is 20.5 Å². The first kappa shape index (κ1) is 12.4. The van der Waals surface area contributed by atoms with Crippen molar-refractivity contribution in [3.05, 3.63) is 46.0 Å². The van der Waals surface area contributed by atoms with Gasteiger partial charge >= 0.3 is 0 Å². The fraction of sp³-hybridized carbons (Fsp3) is 0.273. The number of benzene rings is 1. The van der Waals surface area contributed by atoms with E-state index in [9.17, 15) is 0 Å². The van der Waals surface area contributed by atoms with E-state index in [0.29, 0.717) is 16.6 Å². The molecule has 0 saturated carbocycles. The molecular weight excluding hydrogens is 259 g/mol. The van der Waals surface area contributed by atoms with Crippen molar-refractivity contribution >= 4 is 23.2 Å². The fourth-order valence-electron chi connectivity index (χ4n) is 1.53.